The van der Waals surface area contributed by atoms with Gasteiger partial charge in [-0.1, -0.05) is 0 Å². The van der Waals surface area contributed by atoms with E-state index < -0.39 is 23.8 Å². The molecular weight excluding hydrogens is 262 g/mol. The van der Waals surface area contributed by atoms with E-state index in [4.69, 9.17) is 5.11 Å². The van der Waals surface area contributed by atoms with E-state index in [0.717, 1.165) is 12.8 Å². The van der Waals surface area contributed by atoms with Gasteiger partial charge in [-0.3, -0.25) is 14.4 Å². The van der Waals surface area contributed by atoms with Crippen LogP contribution < -0.4 is 0 Å². The van der Waals surface area contributed by atoms with Crippen molar-refractivity contribution in [3.05, 3.63) is 0 Å². The van der Waals surface area contributed by atoms with Crippen LogP contribution in [-0.4, -0.2) is 46.0 Å². The Hall–Kier alpha value is -1.59. The lowest BCUT2D eigenvalue weighted by molar-refractivity contribution is -0.159. The minimum absolute atomic E-state index is 0.0345. The van der Waals surface area contributed by atoms with Gasteiger partial charge in [0.15, 0.2) is 0 Å². The molecule has 3 fully saturated rings. The summed E-state index contributed by atoms with van der Waals surface area (Å²) in [4.78, 5) is 36.3. The molecule has 4 unspecified atom stereocenters. The molecule has 1 aliphatic heterocycles. The largest absolute Gasteiger partial charge is 0.481 e. The summed E-state index contributed by atoms with van der Waals surface area (Å²) in [6.45, 7) is 0.405. The van der Waals surface area contributed by atoms with Crippen LogP contribution in [0.2, 0.25) is 0 Å². The van der Waals surface area contributed by atoms with Crippen molar-refractivity contribution in [1.82, 2.24) is 4.90 Å². The number of hydrogen-bond donors (Lipinski definition) is 2. The average Bonchev–Trinajstić information content (AvgIpc) is 3.03. The third-order valence-electron chi connectivity index (χ3n) is 5.15. The Morgan fingerprint density at radius 3 is 2.05 bits per heavy atom. The van der Waals surface area contributed by atoms with Crippen molar-refractivity contribution in [2.75, 3.05) is 13.1 Å². The van der Waals surface area contributed by atoms with Crippen molar-refractivity contribution in [3.63, 3.8) is 0 Å². The van der Waals surface area contributed by atoms with Crippen molar-refractivity contribution < 1.29 is 24.6 Å². The van der Waals surface area contributed by atoms with Gasteiger partial charge in [-0.15, -0.1) is 0 Å². The minimum atomic E-state index is -1.12. The van der Waals surface area contributed by atoms with Crippen molar-refractivity contribution in [1.29, 1.82) is 0 Å². The summed E-state index contributed by atoms with van der Waals surface area (Å²) in [7, 11) is 0. The van der Waals surface area contributed by atoms with Crippen molar-refractivity contribution in [2.45, 2.75) is 25.7 Å². The van der Waals surface area contributed by atoms with Crippen molar-refractivity contribution in [2.24, 2.45) is 29.6 Å². The van der Waals surface area contributed by atoms with Crippen LogP contribution in [0.25, 0.3) is 0 Å². The maximum absolute atomic E-state index is 12.4. The quantitative estimate of drug-likeness (QED) is 0.792. The highest BCUT2D eigenvalue weighted by atomic mass is 16.4. The van der Waals surface area contributed by atoms with Gasteiger partial charge in [0.05, 0.1) is 11.8 Å². The molecule has 20 heavy (non-hydrogen) atoms. The molecule has 0 radical (unpaired) electrons. The topological polar surface area (TPSA) is 94.9 Å². The number of carbonyl (C=O) groups is 3. The molecule has 2 saturated carbocycles. The molecule has 6 nitrogen and oxygen atoms in total. The number of rotatable bonds is 3. The van der Waals surface area contributed by atoms with E-state index in [1.165, 1.54) is 6.42 Å². The maximum atomic E-state index is 12.4. The molecule has 3 rings (SSSR count). The average molecular weight is 281 g/mol. The Morgan fingerprint density at radius 2 is 1.50 bits per heavy atom. The van der Waals surface area contributed by atoms with Gasteiger partial charge >= 0.3 is 11.9 Å². The Labute approximate surface area is 116 Å². The Morgan fingerprint density at radius 1 is 0.900 bits per heavy atom. The highest BCUT2D eigenvalue weighted by Crippen LogP contribution is 2.54. The van der Waals surface area contributed by atoms with E-state index in [-0.39, 0.29) is 24.8 Å². The molecule has 2 N–H and O–H groups in total. The number of carboxylic acids is 2. The van der Waals surface area contributed by atoms with Crippen LogP contribution in [0, 0.1) is 29.6 Å². The zero-order valence-corrected chi connectivity index (χ0v) is 11.2. The molecule has 0 spiro atoms. The zero-order valence-electron chi connectivity index (χ0n) is 11.2. The lowest BCUT2D eigenvalue weighted by Crippen LogP contribution is -2.50. The SMILES string of the molecule is O=C(O)C1CCN(C(=O)C2CC3CC3C2)CC1C(=O)O. The summed E-state index contributed by atoms with van der Waals surface area (Å²) >= 11 is 0. The van der Waals surface area contributed by atoms with Crippen LogP contribution in [-0.2, 0) is 14.4 Å². The van der Waals surface area contributed by atoms with Crippen LogP contribution in [0.5, 0.6) is 0 Å². The van der Waals surface area contributed by atoms with Gasteiger partial charge in [0.1, 0.15) is 0 Å². The molecule has 0 aromatic heterocycles. The Kier molecular flexibility index (Phi) is 3.18. The first-order valence-electron chi connectivity index (χ1n) is 7.21. The van der Waals surface area contributed by atoms with Gasteiger partial charge in [0.2, 0.25) is 5.91 Å². The highest BCUT2D eigenvalue weighted by Gasteiger charge is 2.50. The van der Waals surface area contributed by atoms with Gasteiger partial charge in [0, 0.05) is 19.0 Å². The minimum Gasteiger partial charge on any atom is -0.481 e. The van der Waals surface area contributed by atoms with Gasteiger partial charge in [-0.25, -0.2) is 0 Å². The van der Waals surface area contributed by atoms with Crippen LogP contribution in [0.4, 0.5) is 0 Å². The number of amides is 1. The summed E-state index contributed by atoms with van der Waals surface area (Å²) in [6.07, 6.45) is 3.33. The number of fused-ring (bicyclic) bond motifs is 1. The lowest BCUT2D eigenvalue weighted by atomic mass is 9.85. The predicted octanol–water partition coefficient (Wildman–Crippen LogP) is 0.666. The lowest BCUT2D eigenvalue weighted by Gasteiger charge is -2.36. The second-order valence-electron chi connectivity index (χ2n) is 6.39. The van der Waals surface area contributed by atoms with E-state index in [9.17, 15) is 19.5 Å². The monoisotopic (exact) mass is 281 g/mol. The number of likely N-dealkylation sites (tertiary alicyclic amines) is 1. The Bertz CT molecular complexity index is 452. The number of piperidine rings is 1. The van der Waals surface area contributed by atoms with E-state index in [1.807, 2.05) is 0 Å². The third kappa shape index (κ3) is 2.27. The third-order valence-corrected chi connectivity index (χ3v) is 5.15. The predicted molar refractivity (Wildman–Crippen MR) is 67.8 cm³/mol. The first-order chi connectivity index (χ1) is 9.47. The molecule has 1 saturated heterocycles. The van der Waals surface area contributed by atoms with E-state index in [2.05, 4.69) is 0 Å². The number of hydrogen-bond acceptors (Lipinski definition) is 3. The molecule has 110 valence electrons. The Balaban J connectivity index is 1.65. The smallest absolute Gasteiger partial charge is 0.309 e. The fourth-order valence-corrected chi connectivity index (χ4v) is 3.87. The van der Waals surface area contributed by atoms with Gasteiger partial charge in [-0.05, 0) is 37.5 Å². The summed E-state index contributed by atoms with van der Waals surface area (Å²) in [5.41, 5.74) is 0. The fraction of sp³-hybridized carbons (Fsp3) is 0.786. The number of nitrogens with zero attached hydrogens (tertiary/aromatic N) is 1. The highest BCUT2D eigenvalue weighted by molar-refractivity contribution is 5.83. The van der Waals surface area contributed by atoms with Crippen molar-refractivity contribution >= 4 is 17.8 Å². The zero-order chi connectivity index (χ0) is 14.4. The van der Waals surface area contributed by atoms with Gasteiger partial charge < -0.3 is 15.1 Å². The summed E-state index contributed by atoms with van der Waals surface area (Å²) < 4.78 is 0. The van der Waals surface area contributed by atoms with Gasteiger partial charge in [0.25, 0.3) is 0 Å². The summed E-state index contributed by atoms with van der Waals surface area (Å²) in [6, 6.07) is 0. The number of carboxylic acid groups (broad SMARTS) is 2. The molecule has 1 heterocycles. The number of aliphatic carboxylic acids is 2. The van der Waals surface area contributed by atoms with Crippen LogP contribution >= 0.6 is 0 Å². The van der Waals surface area contributed by atoms with Crippen LogP contribution in [0.3, 0.4) is 0 Å². The second-order valence-corrected chi connectivity index (χ2v) is 6.39. The molecule has 0 aromatic carbocycles. The molecule has 2 aliphatic carbocycles. The molecular formula is C14H19NO5. The molecule has 3 aliphatic rings. The number of carbonyl (C=O) groups excluding carboxylic acids is 1. The molecule has 0 aromatic rings. The molecule has 0 bridgehead atoms. The fourth-order valence-electron chi connectivity index (χ4n) is 3.87. The first kappa shape index (κ1) is 13.4. The van der Waals surface area contributed by atoms with Crippen LogP contribution in [0.15, 0.2) is 0 Å². The normalized spacial score (nSPS) is 39.2. The molecule has 6 heteroatoms. The standard InChI is InChI=1S/C14H19NO5/c16-12(9-4-7-3-8(7)5-9)15-2-1-10(13(17)18)11(6-15)14(19)20/h7-11H,1-6H2,(H,17,18)(H,19,20). The summed E-state index contributed by atoms with van der Waals surface area (Å²) in [5.74, 6) is -2.58. The first-order valence-corrected chi connectivity index (χ1v) is 7.21. The maximum Gasteiger partial charge on any atom is 0.309 e. The van der Waals surface area contributed by atoms with E-state index in [0.29, 0.717) is 18.4 Å². The molecule has 1 amide bonds. The van der Waals surface area contributed by atoms with Gasteiger partial charge in [-0.2, -0.15) is 0 Å². The van der Waals surface area contributed by atoms with E-state index >= 15 is 0 Å². The second kappa shape index (κ2) is 4.75. The molecule has 4 atom stereocenters. The van der Waals surface area contributed by atoms with Crippen LogP contribution in [0.1, 0.15) is 25.7 Å². The van der Waals surface area contributed by atoms with E-state index in [1.54, 1.807) is 4.90 Å². The summed E-state index contributed by atoms with van der Waals surface area (Å²) in [5, 5.41) is 18.2. The van der Waals surface area contributed by atoms with Crippen molar-refractivity contribution in [3.8, 4) is 0 Å².